The van der Waals surface area contributed by atoms with Gasteiger partial charge in [0.2, 0.25) is 11.8 Å². The summed E-state index contributed by atoms with van der Waals surface area (Å²) >= 11 is 0. The molecule has 26 heavy (non-hydrogen) atoms. The van der Waals surface area contributed by atoms with Crippen LogP contribution in [0.25, 0.3) is 0 Å². The molecule has 0 saturated carbocycles. The van der Waals surface area contributed by atoms with Crippen LogP contribution in [0.2, 0.25) is 0 Å². The van der Waals surface area contributed by atoms with Gasteiger partial charge in [0.1, 0.15) is 0 Å². The molecule has 1 aromatic rings. The van der Waals surface area contributed by atoms with E-state index < -0.39 is 15.8 Å². The van der Waals surface area contributed by atoms with Crippen LogP contribution in [0, 0.1) is 12.8 Å². The minimum atomic E-state index is -3.06. The number of para-hydroxylation sites is 1. The topological polar surface area (TPSA) is 83.6 Å². The third-order valence-electron chi connectivity index (χ3n) is 5.35. The average Bonchev–Trinajstić information content (AvgIpc) is 3.11. The summed E-state index contributed by atoms with van der Waals surface area (Å²) in [4.78, 5) is 26.7. The molecule has 1 aromatic carbocycles. The molecular formula is C19H26N2O4S. The van der Waals surface area contributed by atoms with Crippen LogP contribution < -0.4 is 5.32 Å². The van der Waals surface area contributed by atoms with Gasteiger partial charge in [0.15, 0.2) is 9.84 Å². The summed E-state index contributed by atoms with van der Waals surface area (Å²) < 4.78 is 23.4. The molecule has 0 aliphatic carbocycles. The first-order valence-corrected chi connectivity index (χ1v) is 10.9. The van der Waals surface area contributed by atoms with Gasteiger partial charge in [-0.2, -0.15) is 0 Å². The molecule has 2 unspecified atom stereocenters. The fourth-order valence-corrected chi connectivity index (χ4v) is 5.58. The maximum Gasteiger partial charge on any atom is 0.229 e. The molecule has 2 atom stereocenters. The highest BCUT2D eigenvalue weighted by Crippen LogP contribution is 2.30. The second-order valence-electron chi connectivity index (χ2n) is 7.69. The smallest absolute Gasteiger partial charge is 0.229 e. The Morgan fingerprint density at radius 3 is 2.65 bits per heavy atom. The van der Waals surface area contributed by atoms with Crippen molar-refractivity contribution >= 4 is 27.3 Å². The number of likely N-dealkylation sites (tertiary alicyclic amines) is 1. The summed E-state index contributed by atoms with van der Waals surface area (Å²) in [6.07, 6.45) is 0.614. The molecule has 0 radical (unpaired) electrons. The third-order valence-corrected chi connectivity index (χ3v) is 7.10. The number of hydrogen-bond donors (Lipinski definition) is 1. The number of nitrogens with one attached hydrogen (secondary N) is 1. The van der Waals surface area contributed by atoms with E-state index in [2.05, 4.69) is 19.2 Å². The van der Waals surface area contributed by atoms with E-state index >= 15 is 0 Å². The molecule has 7 heteroatoms. The molecule has 2 saturated heterocycles. The van der Waals surface area contributed by atoms with E-state index in [1.54, 1.807) is 4.90 Å². The SMILES string of the molecule is Cc1cccc(C(C)C)c1NC(=O)C1CC(=O)N(C2CCS(=O)(=O)C2)C1. The monoisotopic (exact) mass is 378 g/mol. The van der Waals surface area contributed by atoms with Crippen molar-refractivity contribution in [3.05, 3.63) is 29.3 Å². The number of hydrogen-bond acceptors (Lipinski definition) is 4. The molecule has 2 aliphatic rings. The maximum absolute atomic E-state index is 12.8. The van der Waals surface area contributed by atoms with Gasteiger partial charge in [0, 0.05) is 24.7 Å². The standard InChI is InChI=1S/C19H26N2O4S/c1-12(2)16-6-4-5-13(3)18(16)20-19(23)14-9-17(22)21(10-14)15-7-8-26(24,25)11-15/h4-6,12,14-15H,7-11H2,1-3H3,(H,20,23). The zero-order valence-electron chi connectivity index (χ0n) is 15.5. The number of carbonyl (C=O) groups is 2. The highest BCUT2D eigenvalue weighted by Gasteiger charge is 2.42. The molecule has 0 bridgehead atoms. The van der Waals surface area contributed by atoms with Crippen molar-refractivity contribution < 1.29 is 18.0 Å². The van der Waals surface area contributed by atoms with Gasteiger partial charge in [-0.15, -0.1) is 0 Å². The second-order valence-corrected chi connectivity index (χ2v) is 9.92. The average molecular weight is 378 g/mol. The Morgan fingerprint density at radius 1 is 1.31 bits per heavy atom. The van der Waals surface area contributed by atoms with Gasteiger partial charge in [-0.05, 0) is 30.4 Å². The lowest BCUT2D eigenvalue weighted by Crippen LogP contribution is -2.38. The van der Waals surface area contributed by atoms with E-state index in [4.69, 9.17) is 0 Å². The number of anilines is 1. The van der Waals surface area contributed by atoms with Gasteiger partial charge in [-0.3, -0.25) is 9.59 Å². The molecule has 0 aromatic heterocycles. The minimum absolute atomic E-state index is 0.0162. The summed E-state index contributed by atoms with van der Waals surface area (Å²) in [7, 11) is -3.06. The zero-order valence-corrected chi connectivity index (χ0v) is 16.3. The molecule has 2 amide bonds. The van der Waals surface area contributed by atoms with Crippen molar-refractivity contribution in [3.8, 4) is 0 Å². The van der Waals surface area contributed by atoms with Crippen LogP contribution in [-0.4, -0.2) is 49.2 Å². The van der Waals surface area contributed by atoms with Gasteiger partial charge in [-0.1, -0.05) is 32.0 Å². The molecular weight excluding hydrogens is 352 g/mol. The predicted molar refractivity (Wildman–Crippen MR) is 101 cm³/mol. The van der Waals surface area contributed by atoms with Gasteiger partial charge in [-0.25, -0.2) is 8.42 Å². The molecule has 3 rings (SSSR count). The van der Waals surface area contributed by atoms with E-state index in [0.717, 1.165) is 16.8 Å². The highest BCUT2D eigenvalue weighted by atomic mass is 32.2. The van der Waals surface area contributed by atoms with Crippen LogP contribution in [0.3, 0.4) is 0 Å². The lowest BCUT2D eigenvalue weighted by molar-refractivity contribution is -0.129. The molecule has 6 nitrogen and oxygen atoms in total. The molecule has 2 aliphatic heterocycles. The van der Waals surface area contributed by atoms with Crippen molar-refractivity contribution in [1.82, 2.24) is 4.90 Å². The van der Waals surface area contributed by atoms with Crippen LogP contribution in [-0.2, 0) is 19.4 Å². The Kier molecular flexibility index (Phi) is 5.10. The number of benzene rings is 1. The van der Waals surface area contributed by atoms with Crippen LogP contribution >= 0.6 is 0 Å². The Balaban J connectivity index is 1.72. The van der Waals surface area contributed by atoms with Crippen molar-refractivity contribution in [3.63, 3.8) is 0 Å². The number of carbonyl (C=O) groups excluding carboxylic acids is 2. The molecule has 142 valence electrons. The fraction of sp³-hybridized carbons (Fsp3) is 0.579. The Hall–Kier alpha value is -1.89. The Bertz CT molecular complexity index is 832. The van der Waals surface area contributed by atoms with Gasteiger partial charge in [0.05, 0.1) is 17.4 Å². The molecule has 1 N–H and O–H groups in total. The molecule has 2 fully saturated rings. The number of nitrogens with zero attached hydrogens (tertiary/aromatic N) is 1. The van der Waals surface area contributed by atoms with Crippen molar-refractivity contribution in [2.75, 3.05) is 23.4 Å². The van der Waals surface area contributed by atoms with E-state index in [1.807, 2.05) is 25.1 Å². The van der Waals surface area contributed by atoms with Gasteiger partial charge < -0.3 is 10.2 Å². The lowest BCUT2D eigenvalue weighted by Gasteiger charge is -2.23. The first-order valence-electron chi connectivity index (χ1n) is 9.08. The van der Waals surface area contributed by atoms with Gasteiger partial charge in [0.25, 0.3) is 0 Å². The van der Waals surface area contributed by atoms with E-state index in [1.165, 1.54) is 0 Å². The number of sulfone groups is 1. The van der Waals surface area contributed by atoms with E-state index in [0.29, 0.717) is 13.0 Å². The van der Waals surface area contributed by atoms with Crippen LogP contribution in [0.1, 0.15) is 43.7 Å². The number of aryl methyl sites for hydroxylation is 1. The van der Waals surface area contributed by atoms with Crippen LogP contribution in [0.15, 0.2) is 18.2 Å². The summed E-state index contributed by atoms with van der Waals surface area (Å²) in [5.74, 6) is -0.318. The quantitative estimate of drug-likeness (QED) is 0.870. The summed E-state index contributed by atoms with van der Waals surface area (Å²) in [5.41, 5.74) is 2.89. The van der Waals surface area contributed by atoms with Crippen molar-refractivity contribution in [2.45, 2.75) is 45.6 Å². The summed E-state index contributed by atoms with van der Waals surface area (Å²) in [5, 5.41) is 3.01. The van der Waals surface area contributed by atoms with Crippen molar-refractivity contribution in [2.24, 2.45) is 5.92 Å². The van der Waals surface area contributed by atoms with Crippen molar-refractivity contribution in [1.29, 1.82) is 0 Å². The summed E-state index contributed by atoms with van der Waals surface area (Å²) in [6, 6.07) is 5.65. The Morgan fingerprint density at radius 2 is 2.04 bits per heavy atom. The maximum atomic E-state index is 12.8. The third kappa shape index (κ3) is 3.77. The predicted octanol–water partition coefficient (Wildman–Crippen LogP) is 2.09. The van der Waals surface area contributed by atoms with E-state index in [-0.39, 0.29) is 41.7 Å². The van der Waals surface area contributed by atoms with E-state index in [9.17, 15) is 18.0 Å². The minimum Gasteiger partial charge on any atom is -0.338 e. The second kappa shape index (κ2) is 7.02. The first kappa shape index (κ1) is 18.9. The van der Waals surface area contributed by atoms with Gasteiger partial charge >= 0.3 is 0 Å². The summed E-state index contributed by atoms with van der Waals surface area (Å²) in [6.45, 7) is 6.41. The highest BCUT2D eigenvalue weighted by molar-refractivity contribution is 7.91. The zero-order chi connectivity index (χ0) is 19.1. The first-order chi connectivity index (χ1) is 12.2. The molecule has 2 heterocycles. The fourth-order valence-electron chi connectivity index (χ4n) is 3.85. The number of rotatable bonds is 4. The normalized spacial score (nSPS) is 25.1. The Labute approximate surface area is 154 Å². The van der Waals surface area contributed by atoms with Crippen LogP contribution in [0.5, 0.6) is 0 Å². The largest absolute Gasteiger partial charge is 0.338 e. The lowest BCUT2D eigenvalue weighted by atomic mass is 9.97. The van der Waals surface area contributed by atoms with Crippen LogP contribution in [0.4, 0.5) is 5.69 Å². The molecule has 0 spiro atoms. The number of amides is 2.